The highest BCUT2D eigenvalue weighted by Crippen LogP contribution is 2.43. The Morgan fingerprint density at radius 3 is 2.67 bits per heavy atom. The normalized spacial score (nSPS) is 20.1. The van der Waals surface area contributed by atoms with Gasteiger partial charge in [-0.05, 0) is 29.7 Å². The van der Waals surface area contributed by atoms with E-state index in [4.69, 9.17) is 11.6 Å². The predicted molar refractivity (Wildman–Crippen MR) is 80.8 cm³/mol. The van der Waals surface area contributed by atoms with Crippen molar-refractivity contribution in [2.75, 3.05) is 0 Å². The first kappa shape index (κ1) is 14.1. The lowest BCUT2D eigenvalue weighted by atomic mass is 10.1. The molecule has 0 radical (unpaired) electrons. The van der Waals surface area contributed by atoms with Gasteiger partial charge in [-0.15, -0.1) is 0 Å². The molecule has 0 heterocycles. The number of carbonyl (C=O) groups excluding carboxylic acids is 1. The minimum absolute atomic E-state index is 0.0679. The summed E-state index contributed by atoms with van der Waals surface area (Å²) in [5, 5.41) is 3.67. The van der Waals surface area contributed by atoms with E-state index in [-0.39, 0.29) is 30.1 Å². The Morgan fingerprint density at radius 1 is 1.19 bits per heavy atom. The van der Waals surface area contributed by atoms with Crippen molar-refractivity contribution in [3.05, 3.63) is 70.5 Å². The van der Waals surface area contributed by atoms with Crippen LogP contribution in [0.4, 0.5) is 4.39 Å². The molecule has 0 spiro atoms. The summed E-state index contributed by atoms with van der Waals surface area (Å²) >= 11 is 6.15. The second-order valence-corrected chi connectivity index (χ2v) is 5.71. The Hall–Kier alpha value is -1.87. The van der Waals surface area contributed by atoms with Gasteiger partial charge in [0.15, 0.2) is 0 Å². The lowest BCUT2D eigenvalue weighted by Gasteiger charge is -2.07. The van der Waals surface area contributed by atoms with Crippen molar-refractivity contribution >= 4 is 17.5 Å². The highest BCUT2D eigenvalue weighted by atomic mass is 35.5. The molecule has 1 aliphatic carbocycles. The fraction of sp³-hybridized carbons (Fsp3) is 0.235. The van der Waals surface area contributed by atoms with Crippen LogP contribution in [0.3, 0.4) is 0 Å². The van der Waals surface area contributed by atoms with Gasteiger partial charge in [-0.2, -0.15) is 0 Å². The molecule has 1 fully saturated rings. The Bertz CT molecular complexity index is 673. The Morgan fingerprint density at radius 2 is 1.90 bits per heavy atom. The summed E-state index contributed by atoms with van der Waals surface area (Å²) in [6, 6.07) is 14.1. The van der Waals surface area contributed by atoms with Crippen LogP contribution in [0.25, 0.3) is 0 Å². The fourth-order valence-corrected chi connectivity index (χ4v) is 2.82. The van der Waals surface area contributed by atoms with Crippen LogP contribution in [0.5, 0.6) is 0 Å². The molecule has 21 heavy (non-hydrogen) atoms. The average Bonchev–Trinajstić information content (AvgIpc) is 3.21. The van der Waals surface area contributed by atoms with Crippen molar-refractivity contribution in [2.45, 2.75) is 24.8 Å². The molecule has 4 heteroatoms. The summed E-state index contributed by atoms with van der Waals surface area (Å²) in [5.41, 5.74) is 1.49. The van der Waals surface area contributed by atoms with E-state index in [1.54, 1.807) is 18.2 Å². The maximum absolute atomic E-state index is 13.5. The summed E-state index contributed by atoms with van der Waals surface area (Å²) in [5.74, 6) is -0.228. The summed E-state index contributed by atoms with van der Waals surface area (Å²) in [6.07, 6.45) is 0.950. The maximum Gasteiger partial charge on any atom is 0.224 e. The molecule has 2 aromatic carbocycles. The van der Waals surface area contributed by atoms with Crippen molar-refractivity contribution in [1.82, 2.24) is 5.32 Å². The third-order valence-electron chi connectivity index (χ3n) is 3.75. The van der Waals surface area contributed by atoms with Crippen LogP contribution in [0.15, 0.2) is 48.5 Å². The number of rotatable bonds is 4. The van der Waals surface area contributed by atoms with Crippen LogP contribution >= 0.6 is 11.6 Å². The van der Waals surface area contributed by atoms with Crippen molar-refractivity contribution < 1.29 is 9.18 Å². The zero-order valence-corrected chi connectivity index (χ0v) is 12.1. The van der Waals surface area contributed by atoms with Crippen molar-refractivity contribution in [2.24, 2.45) is 0 Å². The average molecular weight is 304 g/mol. The fourth-order valence-electron chi connectivity index (χ4n) is 2.55. The van der Waals surface area contributed by atoms with Crippen LogP contribution in [-0.4, -0.2) is 11.9 Å². The Kier molecular flexibility index (Phi) is 3.93. The zero-order chi connectivity index (χ0) is 14.8. The molecule has 0 saturated heterocycles. The quantitative estimate of drug-likeness (QED) is 0.917. The van der Waals surface area contributed by atoms with E-state index in [1.807, 2.05) is 24.3 Å². The van der Waals surface area contributed by atoms with Gasteiger partial charge >= 0.3 is 0 Å². The minimum Gasteiger partial charge on any atom is -0.352 e. The third-order valence-corrected chi connectivity index (χ3v) is 4.09. The van der Waals surface area contributed by atoms with E-state index in [2.05, 4.69) is 5.32 Å². The largest absolute Gasteiger partial charge is 0.352 e. The van der Waals surface area contributed by atoms with Gasteiger partial charge in [-0.1, -0.05) is 48.0 Å². The van der Waals surface area contributed by atoms with Crippen LogP contribution in [-0.2, 0) is 11.2 Å². The van der Waals surface area contributed by atoms with E-state index in [0.29, 0.717) is 5.56 Å². The number of hydrogen-bond acceptors (Lipinski definition) is 1. The first-order valence-corrected chi connectivity index (χ1v) is 7.30. The second kappa shape index (κ2) is 5.86. The topological polar surface area (TPSA) is 29.1 Å². The lowest BCUT2D eigenvalue weighted by Crippen LogP contribution is -2.28. The molecule has 1 amide bonds. The molecule has 108 valence electrons. The molecule has 1 aliphatic rings. The maximum atomic E-state index is 13.5. The Labute approximate surface area is 127 Å². The number of benzene rings is 2. The van der Waals surface area contributed by atoms with Crippen LogP contribution in [0, 0.1) is 5.82 Å². The minimum atomic E-state index is -0.342. The summed E-state index contributed by atoms with van der Waals surface area (Å²) in [4.78, 5) is 12.0. The summed E-state index contributed by atoms with van der Waals surface area (Å²) < 4.78 is 13.5. The molecule has 2 nitrogen and oxygen atoms in total. The molecular weight excluding hydrogens is 289 g/mol. The molecule has 0 aromatic heterocycles. The van der Waals surface area contributed by atoms with Crippen LogP contribution < -0.4 is 5.32 Å². The molecule has 2 atom stereocenters. The molecule has 0 bridgehead atoms. The van der Waals surface area contributed by atoms with Crippen molar-refractivity contribution in [3.63, 3.8) is 0 Å². The van der Waals surface area contributed by atoms with E-state index < -0.39 is 0 Å². The van der Waals surface area contributed by atoms with E-state index in [0.717, 1.165) is 17.0 Å². The van der Waals surface area contributed by atoms with Gasteiger partial charge in [0.1, 0.15) is 5.82 Å². The molecule has 0 aliphatic heterocycles. The first-order chi connectivity index (χ1) is 10.1. The zero-order valence-electron chi connectivity index (χ0n) is 11.4. The smallest absolute Gasteiger partial charge is 0.224 e. The molecule has 1 saturated carbocycles. The second-order valence-electron chi connectivity index (χ2n) is 5.31. The van der Waals surface area contributed by atoms with Gasteiger partial charge in [-0.3, -0.25) is 4.79 Å². The third kappa shape index (κ3) is 3.24. The number of hydrogen-bond donors (Lipinski definition) is 1. The molecule has 2 aromatic rings. The Balaban J connectivity index is 1.58. The predicted octanol–water partition coefficient (Wildman–Crippen LogP) is 3.69. The number of carbonyl (C=O) groups is 1. The van der Waals surface area contributed by atoms with E-state index in [1.165, 1.54) is 6.07 Å². The number of amides is 1. The molecule has 0 unspecified atom stereocenters. The van der Waals surface area contributed by atoms with Gasteiger partial charge in [0, 0.05) is 17.0 Å². The SMILES string of the molecule is O=C(Cc1ccccc1F)N[C@@H]1C[C@H]1c1ccccc1Cl. The van der Waals surface area contributed by atoms with Crippen LogP contribution in [0.1, 0.15) is 23.5 Å². The van der Waals surface area contributed by atoms with Gasteiger partial charge in [0.25, 0.3) is 0 Å². The highest BCUT2D eigenvalue weighted by molar-refractivity contribution is 6.31. The number of nitrogens with one attached hydrogen (secondary N) is 1. The van der Waals surface area contributed by atoms with Crippen molar-refractivity contribution in [1.29, 1.82) is 0 Å². The summed E-state index contributed by atoms with van der Waals surface area (Å²) in [6.45, 7) is 0. The van der Waals surface area contributed by atoms with Gasteiger partial charge in [0.05, 0.1) is 6.42 Å². The molecule has 3 rings (SSSR count). The lowest BCUT2D eigenvalue weighted by molar-refractivity contribution is -0.120. The molecular formula is C17H15ClFNO. The van der Waals surface area contributed by atoms with Crippen molar-refractivity contribution in [3.8, 4) is 0 Å². The standard InChI is InChI=1S/C17H15ClFNO/c18-14-7-3-2-6-12(14)13-10-16(13)20-17(21)9-11-5-1-4-8-15(11)19/h1-8,13,16H,9-10H2,(H,20,21)/t13-,16+/m0/s1. The van der Waals surface area contributed by atoms with Gasteiger partial charge in [-0.25, -0.2) is 4.39 Å². The van der Waals surface area contributed by atoms with Gasteiger partial charge < -0.3 is 5.32 Å². The first-order valence-electron chi connectivity index (χ1n) is 6.92. The van der Waals surface area contributed by atoms with Gasteiger partial charge in [0.2, 0.25) is 5.91 Å². The van der Waals surface area contributed by atoms with E-state index in [9.17, 15) is 9.18 Å². The highest BCUT2D eigenvalue weighted by Gasteiger charge is 2.40. The number of halogens is 2. The van der Waals surface area contributed by atoms with Crippen LogP contribution in [0.2, 0.25) is 5.02 Å². The molecule has 1 N–H and O–H groups in total. The summed E-state index contributed by atoms with van der Waals surface area (Å²) in [7, 11) is 0. The monoisotopic (exact) mass is 303 g/mol. The van der Waals surface area contributed by atoms with E-state index >= 15 is 0 Å².